The van der Waals surface area contributed by atoms with Gasteiger partial charge in [-0.1, -0.05) is 6.07 Å². The van der Waals surface area contributed by atoms with Crippen molar-refractivity contribution in [1.82, 2.24) is 10.2 Å². The number of nitrogens with one attached hydrogen (secondary N) is 2. The Kier molecular flexibility index (Phi) is 6.45. The summed E-state index contributed by atoms with van der Waals surface area (Å²) in [5.41, 5.74) is 2.07. The predicted octanol–water partition coefficient (Wildman–Crippen LogP) is 3.08. The first-order valence-electron chi connectivity index (χ1n) is 8.47. The summed E-state index contributed by atoms with van der Waals surface area (Å²) in [7, 11) is 0. The van der Waals surface area contributed by atoms with Gasteiger partial charge in [-0.25, -0.2) is 0 Å². The van der Waals surface area contributed by atoms with Crippen molar-refractivity contribution >= 4 is 29.9 Å². The fraction of sp³-hybridized carbons (Fsp3) is 0.368. The number of benzene rings is 1. The Morgan fingerprint density at radius 3 is 2.73 bits per heavy atom. The molecule has 1 aliphatic rings. The SMILES string of the molecule is Cc1ccc(C(=O)N2CCNC(C)C2C)cc1NC(=O)c1ccco1.Cl. The minimum atomic E-state index is -0.332. The number of aryl methyl sites for hydroxylation is 1. The van der Waals surface area contributed by atoms with Gasteiger partial charge in [0.25, 0.3) is 11.8 Å². The number of halogens is 1. The van der Waals surface area contributed by atoms with Crippen LogP contribution in [0.1, 0.15) is 40.3 Å². The Bertz CT molecular complexity index is 776. The largest absolute Gasteiger partial charge is 0.459 e. The summed E-state index contributed by atoms with van der Waals surface area (Å²) in [4.78, 5) is 27.0. The number of nitrogens with zero attached hydrogens (tertiary/aromatic N) is 1. The lowest BCUT2D eigenvalue weighted by molar-refractivity contribution is 0.0603. The summed E-state index contributed by atoms with van der Waals surface area (Å²) in [6.45, 7) is 7.47. The van der Waals surface area contributed by atoms with Gasteiger partial charge in [-0.15, -0.1) is 12.4 Å². The van der Waals surface area contributed by atoms with E-state index >= 15 is 0 Å². The highest BCUT2D eigenvalue weighted by Crippen LogP contribution is 2.21. The average molecular weight is 378 g/mol. The number of carbonyl (C=O) groups is 2. The van der Waals surface area contributed by atoms with Crippen LogP contribution in [0, 0.1) is 6.92 Å². The van der Waals surface area contributed by atoms with E-state index < -0.39 is 0 Å². The van der Waals surface area contributed by atoms with Gasteiger partial charge in [-0.2, -0.15) is 0 Å². The van der Waals surface area contributed by atoms with E-state index in [0.717, 1.165) is 12.1 Å². The zero-order valence-corrected chi connectivity index (χ0v) is 15.9. The van der Waals surface area contributed by atoms with E-state index in [-0.39, 0.29) is 42.1 Å². The Morgan fingerprint density at radius 2 is 2.04 bits per heavy atom. The molecular formula is C19H24ClN3O3. The zero-order chi connectivity index (χ0) is 18.0. The molecule has 0 spiro atoms. The third-order valence-corrected chi connectivity index (χ3v) is 4.77. The van der Waals surface area contributed by atoms with Gasteiger partial charge in [0.1, 0.15) is 0 Å². The number of amides is 2. The first-order valence-corrected chi connectivity index (χ1v) is 8.47. The van der Waals surface area contributed by atoms with E-state index in [4.69, 9.17) is 4.42 Å². The van der Waals surface area contributed by atoms with Gasteiger partial charge >= 0.3 is 0 Å². The van der Waals surface area contributed by atoms with Crippen molar-refractivity contribution in [2.75, 3.05) is 18.4 Å². The van der Waals surface area contributed by atoms with Gasteiger partial charge in [-0.05, 0) is 50.6 Å². The minimum absolute atomic E-state index is 0. The Balaban J connectivity index is 0.00000243. The molecule has 1 saturated heterocycles. The minimum Gasteiger partial charge on any atom is -0.459 e. The van der Waals surface area contributed by atoms with E-state index in [0.29, 0.717) is 17.8 Å². The monoisotopic (exact) mass is 377 g/mol. The molecule has 0 saturated carbocycles. The molecule has 1 aromatic carbocycles. The van der Waals surface area contributed by atoms with Crippen LogP contribution < -0.4 is 10.6 Å². The number of rotatable bonds is 3. The Hall–Kier alpha value is -2.31. The van der Waals surface area contributed by atoms with Crippen molar-refractivity contribution < 1.29 is 14.0 Å². The molecule has 1 fully saturated rings. The highest BCUT2D eigenvalue weighted by Gasteiger charge is 2.29. The normalized spacial score (nSPS) is 19.6. The molecule has 2 heterocycles. The van der Waals surface area contributed by atoms with E-state index in [2.05, 4.69) is 17.6 Å². The van der Waals surface area contributed by atoms with Gasteiger partial charge in [0.05, 0.1) is 6.26 Å². The van der Waals surface area contributed by atoms with E-state index in [1.165, 1.54) is 6.26 Å². The van der Waals surface area contributed by atoms with Gasteiger partial charge in [0.15, 0.2) is 5.76 Å². The van der Waals surface area contributed by atoms with Crippen LogP contribution in [0.5, 0.6) is 0 Å². The van der Waals surface area contributed by atoms with Crippen LogP contribution in [0.3, 0.4) is 0 Å². The summed E-state index contributed by atoms with van der Waals surface area (Å²) in [6, 6.07) is 9.02. The van der Waals surface area contributed by atoms with Crippen molar-refractivity contribution in [2.24, 2.45) is 0 Å². The molecule has 2 amide bonds. The van der Waals surface area contributed by atoms with Crippen LogP contribution in [0.4, 0.5) is 5.69 Å². The van der Waals surface area contributed by atoms with Gasteiger partial charge < -0.3 is 20.0 Å². The van der Waals surface area contributed by atoms with Crippen molar-refractivity contribution in [1.29, 1.82) is 0 Å². The number of hydrogen-bond donors (Lipinski definition) is 2. The predicted molar refractivity (Wildman–Crippen MR) is 103 cm³/mol. The molecule has 2 N–H and O–H groups in total. The summed E-state index contributed by atoms with van der Waals surface area (Å²) in [5, 5.41) is 6.18. The smallest absolute Gasteiger partial charge is 0.291 e. The fourth-order valence-corrected chi connectivity index (χ4v) is 2.99. The fourth-order valence-electron chi connectivity index (χ4n) is 2.99. The average Bonchev–Trinajstić information content (AvgIpc) is 3.13. The molecule has 140 valence electrons. The molecule has 1 aliphatic heterocycles. The van der Waals surface area contributed by atoms with Gasteiger partial charge in [-0.3, -0.25) is 9.59 Å². The molecule has 0 radical (unpaired) electrons. The van der Waals surface area contributed by atoms with Crippen molar-refractivity contribution in [3.8, 4) is 0 Å². The van der Waals surface area contributed by atoms with Crippen LogP contribution in [0.25, 0.3) is 0 Å². The lowest BCUT2D eigenvalue weighted by Crippen LogP contribution is -2.57. The summed E-state index contributed by atoms with van der Waals surface area (Å²) in [6.07, 6.45) is 1.45. The molecule has 0 bridgehead atoms. The van der Waals surface area contributed by atoms with E-state index in [1.54, 1.807) is 24.3 Å². The molecule has 6 nitrogen and oxygen atoms in total. The number of anilines is 1. The maximum absolute atomic E-state index is 12.9. The van der Waals surface area contributed by atoms with Crippen LogP contribution in [0.15, 0.2) is 41.0 Å². The number of piperazine rings is 1. The Labute approximate surface area is 159 Å². The second-order valence-electron chi connectivity index (χ2n) is 6.44. The molecule has 2 aromatic rings. The highest BCUT2D eigenvalue weighted by molar-refractivity contribution is 6.04. The van der Waals surface area contributed by atoms with Crippen LogP contribution in [0.2, 0.25) is 0 Å². The maximum atomic E-state index is 12.9. The molecule has 3 rings (SSSR count). The van der Waals surface area contributed by atoms with Crippen molar-refractivity contribution in [3.05, 3.63) is 53.5 Å². The second kappa shape index (κ2) is 8.38. The quantitative estimate of drug-likeness (QED) is 0.862. The van der Waals surface area contributed by atoms with Gasteiger partial charge in [0.2, 0.25) is 0 Å². The lowest BCUT2D eigenvalue weighted by Gasteiger charge is -2.38. The number of carbonyl (C=O) groups excluding carboxylic acids is 2. The third kappa shape index (κ3) is 4.08. The van der Waals surface area contributed by atoms with Crippen LogP contribution >= 0.6 is 12.4 Å². The van der Waals surface area contributed by atoms with Crippen LogP contribution in [-0.4, -0.2) is 41.9 Å². The first kappa shape index (κ1) is 20.0. The summed E-state index contributed by atoms with van der Waals surface area (Å²) < 4.78 is 5.11. The van der Waals surface area contributed by atoms with Crippen molar-refractivity contribution in [2.45, 2.75) is 32.9 Å². The lowest BCUT2D eigenvalue weighted by atomic mass is 10.0. The Morgan fingerprint density at radius 1 is 1.27 bits per heavy atom. The number of furan rings is 1. The first-order chi connectivity index (χ1) is 12.0. The summed E-state index contributed by atoms with van der Waals surface area (Å²) >= 11 is 0. The molecule has 1 aromatic heterocycles. The zero-order valence-electron chi connectivity index (χ0n) is 15.1. The van der Waals surface area contributed by atoms with E-state index in [9.17, 15) is 9.59 Å². The maximum Gasteiger partial charge on any atom is 0.291 e. The molecule has 2 atom stereocenters. The van der Waals surface area contributed by atoms with Gasteiger partial charge in [0, 0.05) is 36.4 Å². The third-order valence-electron chi connectivity index (χ3n) is 4.77. The second-order valence-corrected chi connectivity index (χ2v) is 6.44. The summed E-state index contributed by atoms with van der Waals surface area (Å²) in [5.74, 6) is -0.114. The van der Waals surface area contributed by atoms with Crippen molar-refractivity contribution in [3.63, 3.8) is 0 Å². The van der Waals surface area contributed by atoms with Crippen LogP contribution in [-0.2, 0) is 0 Å². The molecular weight excluding hydrogens is 354 g/mol. The molecule has 2 unspecified atom stereocenters. The number of hydrogen-bond acceptors (Lipinski definition) is 4. The molecule has 0 aliphatic carbocycles. The standard InChI is InChI=1S/C19H23N3O3.ClH/c1-12-6-7-15(19(24)22-9-8-20-13(2)14(22)3)11-16(12)21-18(23)17-5-4-10-25-17;/h4-7,10-11,13-14,20H,8-9H2,1-3H3,(H,21,23);1H. The molecule has 26 heavy (non-hydrogen) atoms. The highest BCUT2D eigenvalue weighted by atomic mass is 35.5. The van der Waals surface area contributed by atoms with E-state index in [1.807, 2.05) is 24.8 Å². The molecule has 7 heteroatoms. The topological polar surface area (TPSA) is 74.6 Å².